The summed E-state index contributed by atoms with van der Waals surface area (Å²) in [5, 5.41) is 0. The third-order valence-corrected chi connectivity index (χ3v) is 12.9. The fourth-order valence-corrected chi connectivity index (χ4v) is 10.3. The second-order valence-electron chi connectivity index (χ2n) is 16.4. The van der Waals surface area contributed by atoms with Crippen LogP contribution >= 0.6 is 0 Å². The van der Waals surface area contributed by atoms with E-state index in [0.717, 1.165) is 45.3 Å². The van der Waals surface area contributed by atoms with E-state index < -0.39 is 5.41 Å². The van der Waals surface area contributed by atoms with Crippen LogP contribution in [0.25, 0.3) is 39.0 Å². The molecule has 11 rings (SSSR count). The third kappa shape index (κ3) is 5.20. The SMILES string of the molecule is C=C/C=C\C1=C(c2ccc(N(c3ccc4c(c3)C(C)(C)c3ccccc3-4)c3ccccc3-c3ccccc3)cc2)C2(c3ccccc3O1)c1ccccc1-c1ccccc12. The second kappa shape index (κ2) is 13.9. The van der Waals surface area contributed by atoms with Gasteiger partial charge in [-0.2, -0.15) is 0 Å². The second-order valence-corrected chi connectivity index (χ2v) is 16.4. The summed E-state index contributed by atoms with van der Waals surface area (Å²) in [6.45, 7) is 8.74. The van der Waals surface area contributed by atoms with Crippen LogP contribution in [-0.4, -0.2) is 0 Å². The highest BCUT2D eigenvalue weighted by molar-refractivity contribution is 5.99. The summed E-state index contributed by atoms with van der Waals surface area (Å²) in [5.74, 6) is 1.66. The van der Waals surface area contributed by atoms with Crippen LogP contribution in [0.15, 0.2) is 225 Å². The Balaban J connectivity index is 1.14. The Hall–Kier alpha value is -7.42. The molecule has 0 amide bonds. The molecule has 8 aromatic carbocycles. The van der Waals surface area contributed by atoms with Crippen LogP contribution in [0.3, 0.4) is 0 Å². The van der Waals surface area contributed by atoms with Gasteiger partial charge < -0.3 is 9.64 Å². The van der Waals surface area contributed by atoms with Crippen molar-refractivity contribution in [3.8, 4) is 39.1 Å². The molecule has 1 aliphatic heterocycles. The van der Waals surface area contributed by atoms with Gasteiger partial charge in [0.15, 0.2) is 0 Å². The Morgan fingerprint density at radius 1 is 0.467 bits per heavy atom. The molecule has 2 aliphatic carbocycles. The molecule has 1 spiro atoms. The Bertz CT molecular complexity index is 3010. The van der Waals surface area contributed by atoms with Gasteiger partial charge in [0.25, 0.3) is 0 Å². The Morgan fingerprint density at radius 2 is 1.00 bits per heavy atom. The largest absolute Gasteiger partial charge is 0.457 e. The van der Waals surface area contributed by atoms with Gasteiger partial charge in [-0.1, -0.05) is 190 Å². The standard InChI is InChI=1S/C58H43NO/c1-4-5-30-55-56(58(51-28-16-18-31-54(51)60-55)49-26-14-10-23-45(49)46-24-11-15-27-50(46)58)40-32-34-41(35-33-40)59(53-29-17-12-21-43(53)39-19-7-6-8-20-39)42-36-37-47-44-22-9-13-25-48(44)57(2,3)52(47)38-42/h4-38H,1H2,2-3H3/b30-5-. The summed E-state index contributed by atoms with van der Waals surface area (Å²) in [7, 11) is 0. The van der Waals surface area contributed by atoms with Crippen molar-refractivity contribution in [3.05, 3.63) is 258 Å². The highest BCUT2D eigenvalue weighted by Gasteiger charge is 2.52. The van der Waals surface area contributed by atoms with Crippen molar-refractivity contribution in [1.29, 1.82) is 0 Å². The quantitative estimate of drug-likeness (QED) is 0.150. The predicted molar refractivity (Wildman–Crippen MR) is 249 cm³/mol. The van der Waals surface area contributed by atoms with Crippen molar-refractivity contribution in [2.45, 2.75) is 24.7 Å². The highest BCUT2D eigenvalue weighted by Crippen LogP contribution is 2.63. The minimum Gasteiger partial charge on any atom is -0.457 e. The van der Waals surface area contributed by atoms with Crippen LogP contribution in [0.1, 0.15) is 47.2 Å². The van der Waals surface area contributed by atoms with E-state index in [1.165, 1.54) is 55.6 Å². The molecule has 8 aromatic rings. The summed E-state index contributed by atoms with van der Waals surface area (Å²) in [6, 6.07) is 70.8. The lowest BCUT2D eigenvalue weighted by atomic mass is 9.64. The smallest absolute Gasteiger partial charge is 0.132 e. The first kappa shape index (κ1) is 35.7. The number of hydrogen-bond donors (Lipinski definition) is 0. The lowest BCUT2D eigenvalue weighted by molar-refractivity contribution is 0.418. The van der Waals surface area contributed by atoms with E-state index in [4.69, 9.17) is 4.74 Å². The first-order valence-electron chi connectivity index (χ1n) is 20.8. The molecular formula is C58H43NO. The van der Waals surface area contributed by atoms with Crippen LogP contribution in [0.2, 0.25) is 0 Å². The minimum atomic E-state index is -0.620. The number of benzene rings is 8. The zero-order valence-electron chi connectivity index (χ0n) is 33.8. The van der Waals surface area contributed by atoms with Crippen molar-refractivity contribution >= 4 is 22.6 Å². The topological polar surface area (TPSA) is 12.5 Å². The van der Waals surface area contributed by atoms with Gasteiger partial charge in [0, 0.05) is 33.5 Å². The lowest BCUT2D eigenvalue weighted by Crippen LogP contribution is -2.33. The molecular weight excluding hydrogens is 727 g/mol. The average molecular weight is 770 g/mol. The van der Waals surface area contributed by atoms with E-state index in [1.54, 1.807) is 0 Å². The van der Waals surface area contributed by atoms with E-state index in [-0.39, 0.29) is 5.41 Å². The van der Waals surface area contributed by atoms with E-state index in [0.29, 0.717) is 0 Å². The van der Waals surface area contributed by atoms with Gasteiger partial charge in [-0.25, -0.2) is 0 Å². The van der Waals surface area contributed by atoms with E-state index in [9.17, 15) is 0 Å². The summed E-state index contributed by atoms with van der Waals surface area (Å²) >= 11 is 0. The van der Waals surface area contributed by atoms with Crippen molar-refractivity contribution in [1.82, 2.24) is 0 Å². The number of rotatable bonds is 7. The number of fused-ring (bicyclic) bond motifs is 10. The van der Waals surface area contributed by atoms with Crippen LogP contribution in [-0.2, 0) is 10.8 Å². The Kier molecular flexibility index (Phi) is 8.25. The molecule has 60 heavy (non-hydrogen) atoms. The molecule has 0 saturated carbocycles. The molecule has 1 heterocycles. The monoisotopic (exact) mass is 769 g/mol. The molecule has 0 N–H and O–H groups in total. The minimum absolute atomic E-state index is 0.141. The number of hydrogen-bond acceptors (Lipinski definition) is 2. The van der Waals surface area contributed by atoms with Crippen molar-refractivity contribution < 1.29 is 4.74 Å². The van der Waals surface area contributed by atoms with Crippen LogP contribution in [0.5, 0.6) is 5.75 Å². The normalized spacial score (nSPS) is 14.8. The van der Waals surface area contributed by atoms with Gasteiger partial charge in [0.05, 0.1) is 11.1 Å². The molecule has 286 valence electrons. The van der Waals surface area contributed by atoms with Crippen molar-refractivity contribution in [2.75, 3.05) is 4.90 Å². The predicted octanol–water partition coefficient (Wildman–Crippen LogP) is 15.0. The lowest BCUT2D eigenvalue weighted by Gasteiger charge is -2.41. The Labute approximate surface area is 352 Å². The fourth-order valence-electron chi connectivity index (χ4n) is 10.3. The molecule has 0 fully saturated rings. The van der Waals surface area contributed by atoms with Crippen molar-refractivity contribution in [3.63, 3.8) is 0 Å². The van der Waals surface area contributed by atoms with E-state index in [1.807, 2.05) is 12.2 Å². The summed E-state index contributed by atoms with van der Waals surface area (Å²) in [4.78, 5) is 2.43. The van der Waals surface area contributed by atoms with E-state index in [2.05, 4.69) is 226 Å². The summed E-state index contributed by atoms with van der Waals surface area (Å²) in [6.07, 6.45) is 5.87. The van der Waals surface area contributed by atoms with Gasteiger partial charge >= 0.3 is 0 Å². The number of anilines is 3. The number of ether oxygens (including phenoxy) is 1. The molecule has 0 atom stereocenters. The van der Waals surface area contributed by atoms with Gasteiger partial charge in [0.1, 0.15) is 11.5 Å². The number of nitrogens with zero attached hydrogens (tertiary/aromatic N) is 1. The summed E-state index contributed by atoms with van der Waals surface area (Å²) < 4.78 is 6.92. The zero-order valence-corrected chi connectivity index (χ0v) is 33.8. The number of allylic oxidation sites excluding steroid dienone is 4. The maximum atomic E-state index is 6.92. The van der Waals surface area contributed by atoms with Gasteiger partial charge in [-0.3, -0.25) is 0 Å². The van der Waals surface area contributed by atoms with Crippen LogP contribution < -0.4 is 9.64 Å². The molecule has 0 saturated heterocycles. The average Bonchev–Trinajstić information content (AvgIpc) is 3.72. The molecule has 2 heteroatoms. The fraction of sp³-hybridized carbons (Fsp3) is 0.0690. The molecule has 0 radical (unpaired) electrons. The molecule has 0 bridgehead atoms. The summed E-state index contributed by atoms with van der Waals surface area (Å²) in [5.41, 5.74) is 18.5. The third-order valence-electron chi connectivity index (χ3n) is 12.9. The Morgan fingerprint density at radius 3 is 1.68 bits per heavy atom. The van der Waals surface area contributed by atoms with Gasteiger partial charge in [0.2, 0.25) is 0 Å². The van der Waals surface area contributed by atoms with Crippen LogP contribution in [0, 0.1) is 0 Å². The molecule has 0 unspecified atom stereocenters. The number of para-hydroxylation sites is 2. The van der Waals surface area contributed by atoms with Gasteiger partial charge in [-0.15, -0.1) is 0 Å². The van der Waals surface area contributed by atoms with E-state index >= 15 is 0 Å². The maximum Gasteiger partial charge on any atom is 0.132 e. The molecule has 0 aromatic heterocycles. The first-order chi connectivity index (χ1) is 29.5. The van der Waals surface area contributed by atoms with Gasteiger partial charge in [-0.05, 0) is 98.1 Å². The first-order valence-corrected chi connectivity index (χ1v) is 20.8. The zero-order chi connectivity index (χ0) is 40.4. The molecule has 2 nitrogen and oxygen atoms in total. The highest BCUT2D eigenvalue weighted by atomic mass is 16.5. The molecule has 3 aliphatic rings. The van der Waals surface area contributed by atoms with Crippen molar-refractivity contribution in [2.24, 2.45) is 0 Å². The maximum absolute atomic E-state index is 6.92. The van der Waals surface area contributed by atoms with Crippen LogP contribution in [0.4, 0.5) is 17.1 Å².